The van der Waals surface area contributed by atoms with Crippen molar-refractivity contribution >= 4 is 22.8 Å². The van der Waals surface area contributed by atoms with Gasteiger partial charge in [-0.15, -0.1) is 0 Å². The lowest BCUT2D eigenvalue weighted by molar-refractivity contribution is -0.136. The van der Waals surface area contributed by atoms with Crippen LogP contribution in [0.1, 0.15) is 49.3 Å². The molecule has 0 spiro atoms. The summed E-state index contributed by atoms with van der Waals surface area (Å²) in [5.74, 6) is 1.85. The van der Waals surface area contributed by atoms with E-state index in [4.69, 9.17) is 9.97 Å². The number of benzene rings is 2. The molecule has 2 fully saturated rings. The number of amides is 1. The highest BCUT2D eigenvalue weighted by molar-refractivity contribution is 5.82. The number of nitrogens with zero attached hydrogens (tertiary/aromatic N) is 4. The first-order chi connectivity index (χ1) is 15.7. The molecule has 5 heteroatoms. The van der Waals surface area contributed by atoms with Crippen LogP contribution in [0.25, 0.3) is 10.9 Å². The topological polar surface area (TPSA) is 49.3 Å². The third-order valence-electron chi connectivity index (χ3n) is 7.22. The predicted molar refractivity (Wildman–Crippen MR) is 129 cm³/mol. The van der Waals surface area contributed by atoms with Gasteiger partial charge in [-0.2, -0.15) is 0 Å². The quantitative estimate of drug-likeness (QED) is 0.592. The predicted octanol–water partition coefficient (Wildman–Crippen LogP) is 4.95. The number of para-hydroxylation sites is 1. The van der Waals surface area contributed by atoms with Crippen molar-refractivity contribution in [2.75, 3.05) is 31.1 Å². The normalized spacial score (nSPS) is 20.3. The smallest absolute Gasteiger partial charge is 0.226 e. The van der Waals surface area contributed by atoms with Crippen molar-refractivity contribution in [2.24, 2.45) is 5.92 Å². The summed E-state index contributed by atoms with van der Waals surface area (Å²) in [5, 5.41) is 1.11. The molecule has 5 nitrogen and oxygen atoms in total. The van der Waals surface area contributed by atoms with Crippen LogP contribution in [0.15, 0.2) is 54.6 Å². The van der Waals surface area contributed by atoms with E-state index < -0.39 is 0 Å². The summed E-state index contributed by atoms with van der Waals surface area (Å²) in [6.45, 7) is 5.51. The lowest BCUT2D eigenvalue weighted by atomic mass is 9.92. The molecule has 2 aromatic carbocycles. The number of fused-ring (bicyclic) bond motifs is 1. The summed E-state index contributed by atoms with van der Waals surface area (Å²) in [7, 11) is 0. The second kappa shape index (κ2) is 9.27. The molecule has 2 saturated heterocycles. The first kappa shape index (κ1) is 20.9. The molecule has 2 aliphatic heterocycles. The van der Waals surface area contributed by atoms with Crippen LogP contribution in [-0.4, -0.2) is 47.0 Å². The summed E-state index contributed by atoms with van der Waals surface area (Å²) in [6.07, 6.45) is 5.09. The molecule has 1 unspecified atom stereocenters. The fraction of sp³-hybridized carbons (Fsp3) is 0.444. The Balaban J connectivity index is 1.19. The van der Waals surface area contributed by atoms with Crippen LogP contribution in [-0.2, 0) is 4.79 Å². The summed E-state index contributed by atoms with van der Waals surface area (Å²) < 4.78 is 0. The molecule has 0 aliphatic carbocycles. The van der Waals surface area contributed by atoms with Crippen molar-refractivity contribution in [3.05, 3.63) is 65.9 Å². The second-order valence-electron chi connectivity index (χ2n) is 9.25. The van der Waals surface area contributed by atoms with Gasteiger partial charge >= 0.3 is 0 Å². The van der Waals surface area contributed by atoms with Gasteiger partial charge in [-0.25, -0.2) is 9.97 Å². The highest BCUT2D eigenvalue weighted by Crippen LogP contribution is 2.30. The molecule has 3 heterocycles. The Morgan fingerprint density at radius 3 is 2.41 bits per heavy atom. The number of carbonyl (C=O) groups excluding carboxylic acids is 1. The molecule has 166 valence electrons. The molecule has 0 saturated carbocycles. The van der Waals surface area contributed by atoms with E-state index >= 15 is 0 Å². The Morgan fingerprint density at radius 2 is 1.59 bits per heavy atom. The van der Waals surface area contributed by atoms with Gasteiger partial charge in [0.2, 0.25) is 11.9 Å². The lowest BCUT2D eigenvalue weighted by Gasteiger charge is -2.34. The number of hydrogen-bond donors (Lipinski definition) is 0. The minimum absolute atomic E-state index is 0.126. The lowest BCUT2D eigenvalue weighted by Crippen LogP contribution is -2.43. The van der Waals surface area contributed by atoms with Gasteiger partial charge in [-0.05, 0) is 56.6 Å². The van der Waals surface area contributed by atoms with Crippen molar-refractivity contribution in [2.45, 2.75) is 44.9 Å². The van der Waals surface area contributed by atoms with Gasteiger partial charge in [0.1, 0.15) is 0 Å². The van der Waals surface area contributed by atoms with Crippen molar-refractivity contribution in [1.29, 1.82) is 0 Å². The minimum atomic E-state index is 0.126. The van der Waals surface area contributed by atoms with Crippen LogP contribution < -0.4 is 4.90 Å². The van der Waals surface area contributed by atoms with E-state index in [1.165, 1.54) is 12.0 Å². The summed E-state index contributed by atoms with van der Waals surface area (Å²) in [4.78, 5) is 27.2. The summed E-state index contributed by atoms with van der Waals surface area (Å²) >= 11 is 0. The van der Waals surface area contributed by atoms with Crippen molar-refractivity contribution < 1.29 is 4.79 Å². The maximum atomic E-state index is 13.3. The monoisotopic (exact) mass is 428 g/mol. The van der Waals surface area contributed by atoms with Crippen molar-refractivity contribution in [1.82, 2.24) is 14.9 Å². The first-order valence-electron chi connectivity index (χ1n) is 12.0. The Hall–Kier alpha value is -2.95. The average Bonchev–Trinajstić information content (AvgIpc) is 3.11. The van der Waals surface area contributed by atoms with Crippen molar-refractivity contribution in [3.63, 3.8) is 0 Å². The van der Waals surface area contributed by atoms with Gasteiger partial charge < -0.3 is 9.80 Å². The molecule has 0 radical (unpaired) electrons. The van der Waals surface area contributed by atoms with E-state index in [0.717, 1.165) is 74.4 Å². The number of aromatic nitrogens is 2. The molecule has 2 aliphatic rings. The number of carbonyl (C=O) groups is 1. The Labute approximate surface area is 190 Å². The van der Waals surface area contributed by atoms with Gasteiger partial charge in [0.25, 0.3) is 0 Å². The molecular weight excluding hydrogens is 396 g/mol. The maximum Gasteiger partial charge on any atom is 0.226 e. The zero-order chi connectivity index (χ0) is 21.9. The van der Waals surface area contributed by atoms with E-state index in [0.29, 0.717) is 11.8 Å². The summed E-state index contributed by atoms with van der Waals surface area (Å²) in [6, 6.07) is 19.0. The van der Waals surface area contributed by atoms with E-state index in [-0.39, 0.29) is 5.92 Å². The van der Waals surface area contributed by atoms with Gasteiger partial charge in [0.05, 0.1) is 11.2 Å². The average molecular weight is 429 g/mol. The molecule has 0 bridgehead atoms. The van der Waals surface area contributed by atoms with Gasteiger partial charge in [-0.3, -0.25) is 4.79 Å². The molecule has 1 aromatic heterocycles. The first-order valence-corrected chi connectivity index (χ1v) is 12.0. The number of likely N-dealkylation sites (tertiary alicyclic amines) is 1. The fourth-order valence-corrected chi connectivity index (χ4v) is 5.32. The number of piperidine rings is 1. The van der Waals surface area contributed by atoms with Gasteiger partial charge in [0.15, 0.2) is 0 Å². The van der Waals surface area contributed by atoms with Crippen LogP contribution in [0.3, 0.4) is 0 Å². The molecule has 5 rings (SSSR count). The summed E-state index contributed by atoms with van der Waals surface area (Å²) in [5.41, 5.74) is 3.42. The van der Waals surface area contributed by atoms with Crippen LogP contribution in [0, 0.1) is 12.8 Å². The van der Waals surface area contributed by atoms with Gasteiger partial charge in [-0.1, -0.05) is 48.5 Å². The van der Waals surface area contributed by atoms with Crippen molar-refractivity contribution in [3.8, 4) is 0 Å². The second-order valence-corrected chi connectivity index (χ2v) is 9.25. The fourth-order valence-electron chi connectivity index (χ4n) is 5.32. The third-order valence-corrected chi connectivity index (χ3v) is 7.22. The van der Waals surface area contributed by atoms with Gasteiger partial charge in [0, 0.05) is 37.5 Å². The van der Waals surface area contributed by atoms with E-state index in [2.05, 4.69) is 46.2 Å². The van der Waals surface area contributed by atoms with E-state index in [1.54, 1.807) is 0 Å². The third kappa shape index (κ3) is 4.34. The minimum Gasteiger partial charge on any atom is -0.342 e. The standard InChI is InChI=1S/C27H32N4O/c1-20-24-11-5-6-12-25(24)29-27(28-20)31-18-14-23(15-19-31)26(32)30-16-7-10-22(13-17-30)21-8-3-2-4-9-21/h2-6,8-9,11-12,22-23H,7,10,13-19H2,1H3. The highest BCUT2D eigenvalue weighted by Gasteiger charge is 2.31. The number of anilines is 1. The zero-order valence-corrected chi connectivity index (χ0v) is 18.9. The molecule has 1 amide bonds. The Kier molecular flexibility index (Phi) is 6.06. The van der Waals surface area contributed by atoms with Crippen LogP contribution in [0.5, 0.6) is 0 Å². The van der Waals surface area contributed by atoms with Crippen LogP contribution in [0.2, 0.25) is 0 Å². The largest absolute Gasteiger partial charge is 0.342 e. The van der Waals surface area contributed by atoms with Crippen LogP contribution in [0.4, 0.5) is 5.95 Å². The molecule has 0 N–H and O–H groups in total. The SMILES string of the molecule is Cc1nc(N2CCC(C(=O)N3CCCC(c4ccccc4)CC3)CC2)nc2ccccc12. The van der Waals surface area contributed by atoms with E-state index in [1.807, 2.05) is 25.1 Å². The maximum absolute atomic E-state index is 13.3. The molecule has 32 heavy (non-hydrogen) atoms. The number of hydrogen-bond acceptors (Lipinski definition) is 4. The van der Waals surface area contributed by atoms with Crippen LogP contribution >= 0.6 is 0 Å². The molecule has 1 atom stereocenters. The number of aryl methyl sites for hydroxylation is 1. The molecular formula is C27H32N4O. The molecule has 3 aromatic rings. The highest BCUT2D eigenvalue weighted by atomic mass is 16.2. The Bertz CT molecular complexity index is 1080. The zero-order valence-electron chi connectivity index (χ0n) is 18.9. The van der Waals surface area contributed by atoms with E-state index in [9.17, 15) is 4.79 Å². The Morgan fingerprint density at radius 1 is 0.844 bits per heavy atom. The number of rotatable bonds is 3.